The van der Waals surface area contributed by atoms with Crippen LogP contribution in [0.3, 0.4) is 0 Å². The van der Waals surface area contributed by atoms with E-state index in [1.165, 1.54) is 11.3 Å². The lowest BCUT2D eigenvalue weighted by atomic mass is 10.3. The Balaban J connectivity index is 0.000000791. The Morgan fingerprint density at radius 1 is 1.57 bits per heavy atom. The Kier molecular flexibility index (Phi) is 6.84. The SMILES string of the molecule is CC.CCOc1ccsc1CC(=O)O. The first-order chi connectivity index (χ1) is 6.74. The van der Waals surface area contributed by atoms with Gasteiger partial charge in [0.2, 0.25) is 0 Å². The number of thiophene rings is 1. The lowest BCUT2D eigenvalue weighted by Gasteiger charge is -2.01. The molecule has 0 aromatic carbocycles. The van der Waals surface area contributed by atoms with Crippen molar-refractivity contribution in [3.63, 3.8) is 0 Å². The number of rotatable bonds is 4. The first-order valence-corrected chi connectivity index (χ1v) is 5.53. The summed E-state index contributed by atoms with van der Waals surface area (Å²) in [4.78, 5) is 11.2. The van der Waals surface area contributed by atoms with Gasteiger partial charge in [-0.3, -0.25) is 4.79 Å². The Morgan fingerprint density at radius 3 is 2.71 bits per heavy atom. The normalized spacial score (nSPS) is 8.79. The first-order valence-electron chi connectivity index (χ1n) is 4.65. The molecule has 4 heteroatoms. The van der Waals surface area contributed by atoms with E-state index in [0.717, 1.165) is 4.88 Å². The van der Waals surface area contributed by atoms with E-state index < -0.39 is 5.97 Å². The molecule has 0 amide bonds. The Morgan fingerprint density at radius 2 is 2.21 bits per heavy atom. The van der Waals surface area contributed by atoms with Crippen molar-refractivity contribution in [3.8, 4) is 5.75 Å². The minimum absolute atomic E-state index is 0.0486. The molecule has 3 nitrogen and oxygen atoms in total. The van der Waals surface area contributed by atoms with Gasteiger partial charge in [0.15, 0.2) is 0 Å². The third-order valence-corrected chi connectivity index (χ3v) is 2.22. The molecule has 0 atom stereocenters. The van der Waals surface area contributed by atoms with Crippen molar-refractivity contribution < 1.29 is 14.6 Å². The summed E-state index contributed by atoms with van der Waals surface area (Å²) in [7, 11) is 0. The number of aliphatic carboxylic acids is 1. The first kappa shape index (κ1) is 13.0. The molecule has 0 unspecified atom stereocenters. The molecule has 0 bridgehead atoms. The smallest absolute Gasteiger partial charge is 0.308 e. The van der Waals surface area contributed by atoms with Gasteiger partial charge in [0, 0.05) is 0 Å². The number of hydrogen-bond donors (Lipinski definition) is 1. The van der Waals surface area contributed by atoms with E-state index in [0.29, 0.717) is 12.4 Å². The average Bonchev–Trinajstić information content (AvgIpc) is 2.56. The highest BCUT2D eigenvalue weighted by molar-refractivity contribution is 7.10. The molecule has 1 rings (SSSR count). The van der Waals surface area contributed by atoms with Crippen LogP contribution in [-0.2, 0) is 11.2 Å². The molecular weight excluding hydrogens is 200 g/mol. The number of carbonyl (C=O) groups is 1. The van der Waals surface area contributed by atoms with Crippen LogP contribution in [-0.4, -0.2) is 17.7 Å². The Hall–Kier alpha value is -1.03. The summed E-state index contributed by atoms with van der Waals surface area (Å²) in [5.41, 5.74) is 0. The highest BCUT2D eigenvalue weighted by atomic mass is 32.1. The van der Waals surface area contributed by atoms with Gasteiger partial charge in [-0.1, -0.05) is 13.8 Å². The fourth-order valence-electron chi connectivity index (χ4n) is 0.879. The second-order valence-corrected chi connectivity index (χ2v) is 3.21. The fraction of sp³-hybridized carbons (Fsp3) is 0.500. The minimum Gasteiger partial charge on any atom is -0.493 e. The lowest BCUT2D eigenvalue weighted by molar-refractivity contribution is -0.136. The molecule has 0 saturated heterocycles. The number of hydrogen-bond acceptors (Lipinski definition) is 3. The van der Waals surface area contributed by atoms with E-state index in [-0.39, 0.29) is 6.42 Å². The molecule has 0 aliphatic heterocycles. The second-order valence-electron chi connectivity index (χ2n) is 2.21. The van der Waals surface area contributed by atoms with Crippen molar-refractivity contribution >= 4 is 17.3 Å². The molecule has 0 fully saturated rings. The average molecular weight is 216 g/mol. The van der Waals surface area contributed by atoms with Gasteiger partial charge in [-0.15, -0.1) is 11.3 Å². The Labute approximate surface area is 88.3 Å². The summed E-state index contributed by atoms with van der Waals surface area (Å²) in [5.74, 6) is -0.122. The van der Waals surface area contributed by atoms with Crippen LogP contribution < -0.4 is 4.74 Å². The van der Waals surface area contributed by atoms with Crippen molar-refractivity contribution in [2.24, 2.45) is 0 Å². The van der Waals surface area contributed by atoms with Crippen LogP contribution in [0.2, 0.25) is 0 Å². The topological polar surface area (TPSA) is 46.5 Å². The highest BCUT2D eigenvalue weighted by Crippen LogP contribution is 2.25. The van der Waals surface area contributed by atoms with E-state index in [1.54, 1.807) is 6.07 Å². The van der Waals surface area contributed by atoms with Crippen molar-refractivity contribution in [1.29, 1.82) is 0 Å². The summed E-state index contributed by atoms with van der Waals surface area (Å²) in [6.45, 7) is 6.45. The maximum absolute atomic E-state index is 10.4. The van der Waals surface area contributed by atoms with Crippen molar-refractivity contribution in [1.82, 2.24) is 0 Å². The van der Waals surface area contributed by atoms with Crippen LogP contribution in [0.5, 0.6) is 5.75 Å². The zero-order chi connectivity index (χ0) is 11.0. The van der Waals surface area contributed by atoms with Gasteiger partial charge >= 0.3 is 5.97 Å². The van der Waals surface area contributed by atoms with Gasteiger partial charge in [-0.05, 0) is 18.4 Å². The maximum Gasteiger partial charge on any atom is 0.308 e. The molecule has 1 aromatic rings. The molecule has 80 valence electrons. The standard InChI is InChI=1S/C8H10O3S.C2H6/c1-2-11-6-3-4-12-7(6)5-8(9)10;1-2/h3-4H,2,5H2,1H3,(H,9,10);1-2H3. The third-order valence-electron chi connectivity index (χ3n) is 1.32. The molecule has 1 N–H and O–H groups in total. The van der Waals surface area contributed by atoms with Crippen LogP contribution in [0.4, 0.5) is 0 Å². The zero-order valence-electron chi connectivity index (χ0n) is 8.74. The number of carboxylic acids is 1. The van der Waals surface area contributed by atoms with Gasteiger partial charge < -0.3 is 9.84 Å². The Bertz CT molecular complexity index is 268. The molecule has 14 heavy (non-hydrogen) atoms. The number of ether oxygens (including phenoxy) is 1. The molecule has 1 heterocycles. The molecule has 0 aliphatic rings. The summed E-state index contributed by atoms with van der Waals surface area (Å²) in [6, 6.07) is 1.80. The molecule has 0 spiro atoms. The third kappa shape index (κ3) is 4.28. The molecular formula is C10H16O3S. The summed E-state index contributed by atoms with van der Waals surface area (Å²) < 4.78 is 5.22. The minimum atomic E-state index is -0.821. The van der Waals surface area contributed by atoms with Crippen LogP contribution in [0.25, 0.3) is 0 Å². The van der Waals surface area contributed by atoms with Crippen LogP contribution in [0.15, 0.2) is 11.4 Å². The van der Waals surface area contributed by atoms with Gasteiger partial charge in [0.25, 0.3) is 0 Å². The second kappa shape index (κ2) is 7.38. The monoisotopic (exact) mass is 216 g/mol. The lowest BCUT2D eigenvalue weighted by Crippen LogP contribution is -2.00. The van der Waals surface area contributed by atoms with Crippen molar-refractivity contribution in [2.45, 2.75) is 27.2 Å². The van der Waals surface area contributed by atoms with E-state index in [4.69, 9.17) is 9.84 Å². The predicted molar refractivity (Wildman–Crippen MR) is 58.2 cm³/mol. The summed E-state index contributed by atoms with van der Waals surface area (Å²) >= 11 is 1.41. The molecule has 1 aromatic heterocycles. The predicted octanol–water partition coefficient (Wildman–Crippen LogP) is 2.80. The molecule has 0 aliphatic carbocycles. The van der Waals surface area contributed by atoms with Gasteiger partial charge in [-0.25, -0.2) is 0 Å². The molecule has 0 radical (unpaired) electrons. The van der Waals surface area contributed by atoms with Crippen molar-refractivity contribution in [3.05, 3.63) is 16.3 Å². The van der Waals surface area contributed by atoms with Gasteiger partial charge in [-0.2, -0.15) is 0 Å². The maximum atomic E-state index is 10.4. The van der Waals surface area contributed by atoms with Gasteiger partial charge in [0.1, 0.15) is 5.75 Å². The zero-order valence-corrected chi connectivity index (χ0v) is 9.56. The van der Waals surface area contributed by atoms with E-state index >= 15 is 0 Å². The quantitative estimate of drug-likeness (QED) is 0.841. The van der Waals surface area contributed by atoms with Crippen LogP contribution >= 0.6 is 11.3 Å². The van der Waals surface area contributed by atoms with Crippen LogP contribution in [0, 0.1) is 0 Å². The van der Waals surface area contributed by atoms with E-state index in [9.17, 15) is 4.79 Å². The fourth-order valence-corrected chi connectivity index (χ4v) is 1.69. The van der Waals surface area contributed by atoms with E-state index in [1.807, 2.05) is 26.2 Å². The van der Waals surface area contributed by atoms with E-state index in [2.05, 4.69) is 0 Å². The van der Waals surface area contributed by atoms with Crippen LogP contribution in [0.1, 0.15) is 25.6 Å². The molecule has 0 saturated carbocycles. The highest BCUT2D eigenvalue weighted by Gasteiger charge is 2.08. The van der Waals surface area contributed by atoms with Crippen molar-refractivity contribution in [2.75, 3.05) is 6.61 Å². The largest absolute Gasteiger partial charge is 0.493 e. The summed E-state index contributed by atoms with van der Waals surface area (Å²) in [6.07, 6.45) is 0.0486. The number of carboxylic acid groups (broad SMARTS) is 1. The summed E-state index contributed by atoms with van der Waals surface area (Å²) in [5, 5.41) is 10.4. The van der Waals surface area contributed by atoms with Gasteiger partial charge in [0.05, 0.1) is 17.9 Å².